The Morgan fingerprint density at radius 3 is 1.75 bits per heavy atom. The standard InChI is InChI=1S/C24H26Br2O2/c1-16(2)22(27)19-10-6-17(7-11-19)21(25)18-8-12-20(13-9-18)23(28)24(26)14-4-3-5-15-24/h6-13,16,21H,3-5,14-15H2,1-2H3. The molecule has 3 rings (SSSR count). The number of carbonyl (C=O) groups excluding carboxylic acids is 2. The molecule has 0 saturated heterocycles. The van der Waals surface area contributed by atoms with Crippen LogP contribution >= 0.6 is 31.9 Å². The van der Waals surface area contributed by atoms with E-state index in [4.69, 9.17) is 0 Å². The molecule has 0 radical (unpaired) electrons. The highest BCUT2D eigenvalue weighted by molar-refractivity contribution is 9.10. The average Bonchev–Trinajstić information content (AvgIpc) is 2.73. The van der Waals surface area contributed by atoms with Crippen molar-refractivity contribution in [2.45, 2.75) is 55.1 Å². The van der Waals surface area contributed by atoms with E-state index in [1.807, 2.05) is 62.4 Å². The highest BCUT2D eigenvalue weighted by Gasteiger charge is 2.37. The molecule has 1 fully saturated rings. The predicted octanol–water partition coefficient (Wildman–Crippen LogP) is 7.29. The molecule has 28 heavy (non-hydrogen) atoms. The second kappa shape index (κ2) is 9.04. The SMILES string of the molecule is CC(C)C(=O)c1ccc(C(Br)c2ccc(C(=O)C3(Br)CCCCC3)cc2)cc1. The molecule has 1 atom stereocenters. The summed E-state index contributed by atoms with van der Waals surface area (Å²) in [5.41, 5.74) is 3.69. The first-order chi connectivity index (χ1) is 13.3. The van der Waals surface area contributed by atoms with Crippen LogP contribution in [-0.2, 0) is 0 Å². The van der Waals surface area contributed by atoms with Gasteiger partial charge in [0.05, 0.1) is 9.15 Å². The molecule has 4 heteroatoms. The highest BCUT2D eigenvalue weighted by atomic mass is 79.9. The molecule has 1 unspecified atom stereocenters. The molecule has 0 bridgehead atoms. The second-order valence-electron chi connectivity index (χ2n) is 7.98. The van der Waals surface area contributed by atoms with Crippen molar-refractivity contribution in [3.63, 3.8) is 0 Å². The van der Waals surface area contributed by atoms with E-state index in [0.717, 1.165) is 47.9 Å². The number of hydrogen-bond donors (Lipinski definition) is 0. The molecule has 1 saturated carbocycles. The minimum Gasteiger partial charge on any atom is -0.294 e. The van der Waals surface area contributed by atoms with Gasteiger partial charge in [-0.15, -0.1) is 0 Å². The summed E-state index contributed by atoms with van der Waals surface area (Å²) >= 11 is 7.48. The van der Waals surface area contributed by atoms with Gasteiger partial charge in [0, 0.05) is 17.0 Å². The van der Waals surface area contributed by atoms with Gasteiger partial charge in [-0.25, -0.2) is 0 Å². The van der Waals surface area contributed by atoms with E-state index < -0.39 is 0 Å². The number of halogens is 2. The Morgan fingerprint density at radius 2 is 1.29 bits per heavy atom. The molecule has 1 aliphatic carbocycles. The maximum absolute atomic E-state index is 12.9. The molecule has 148 valence electrons. The Morgan fingerprint density at radius 1 is 0.821 bits per heavy atom. The van der Waals surface area contributed by atoms with Crippen molar-refractivity contribution in [1.82, 2.24) is 0 Å². The van der Waals surface area contributed by atoms with Crippen LogP contribution in [0.2, 0.25) is 0 Å². The van der Waals surface area contributed by atoms with Crippen LogP contribution in [0.1, 0.15) is 82.6 Å². The van der Waals surface area contributed by atoms with Gasteiger partial charge in [-0.2, -0.15) is 0 Å². The minimum absolute atomic E-state index is 0.00223. The van der Waals surface area contributed by atoms with E-state index in [-0.39, 0.29) is 26.6 Å². The fraction of sp³-hybridized carbons (Fsp3) is 0.417. The Kier molecular flexibility index (Phi) is 6.93. The molecule has 1 aliphatic rings. The zero-order chi connectivity index (χ0) is 20.3. The van der Waals surface area contributed by atoms with Crippen molar-refractivity contribution in [3.8, 4) is 0 Å². The lowest BCUT2D eigenvalue weighted by molar-refractivity contribution is 0.0920. The van der Waals surface area contributed by atoms with Crippen molar-refractivity contribution in [2.75, 3.05) is 0 Å². The Labute approximate surface area is 184 Å². The lowest BCUT2D eigenvalue weighted by Gasteiger charge is -2.30. The van der Waals surface area contributed by atoms with Crippen LogP contribution in [0.5, 0.6) is 0 Å². The second-order valence-corrected chi connectivity index (χ2v) is 10.4. The van der Waals surface area contributed by atoms with Crippen LogP contribution in [0.15, 0.2) is 48.5 Å². The predicted molar refractivity (Wildman–Crippen MR) is 122 cm³/mol. The van der Waals surface area contributed by atoms with Crippen molar-refractivity contribution in [1.29, 1.82) is 0 Å². The van der Waals surface area contributed by atoms with E-state index in [2.05, 4.69) is 31.9 Å². The third-order valence-electron chi connectivity index (χ3n) is 5.53. The van der Waals surface area contributed by atoms with Gasteiger partial charge in [-0.1, -0.05) is 114 Å². The summed E-state index contributed by atoms with van der Waals surface area (Å²) in [4.78, 5) is 25.1. The van der Waals surface area contributed by atoms with Crippen molar-refractivity contribution in [2.24, 2.45) is 5.92 Å². The van der Waals surface area contributed by atoms with Crippen LogP contribution < -0.4 is 0 Å². The maximum atomic E-state index is 12.9. The molecular weight excluding hydrogens is 480 g/mol. The fourth-order valence-corrected chi connectivity index (χ4v) is 5.14. The lowest BCUT2D eigenvalue weighted by Crippen LogP contribution is -2.34. The first-order valence-electron chi connectivity index (χ1n) is 9.94. The van der Waals surface area contributed by atoms with Gasteiger partial charge < -0.3 is 0 Å². The number of Topliss-reactive ketones (excluding diaryl/α,β-unsaturated/α-hetero) is 2. The third-order valence-corrected chi connectivity index (χ3v) is 7.74. The van der Waals surface area contributed by atoms with Gasteiger partial charge >= 0.3 is 0 Å². The van der Waals surface area contributed by atoms with E-state index in [1.165, 1.54) is 6.42 Å². The van der Waals surface area contributed by atoms with Gasteiger partial charge in [0.15, 0.2) is 11.6 Å². The number of ketones is 2. The van der Waals surface area contributed by atoms with E-state index in [9.17, 15) is 9.59 Å². The van der Waals surface area contributed by atoms with Crippen LogP contribution in [-0.4, -0.2) is 15.9 Å². The van der Waals surface area contributed by atoms with Gasteiger partial charge in [0.1, 0.15) is 0 Å². The summed E-state index contributed by atoms with van der Waals surface area (Å²) in [7, 11) is 0. The number of hydrogen-bond acceptors (Lipinski definition) is 2. The molecular formula is C24H26Br2O2. The van der Waals surface area contributed by atoms with E-state index in [0.29, 0.717) is 0 Å². The molecule has 2 aromatic rings. The van der Waals surface area contributed by atoms with Gasteiger partial charge in [-0.05, 0) is 24.0 Å². The number of alkyl halides is 2. The van der Waals surface area contributed by atoms with Crippen LogP contribution in [0.4, 0.5) is 0 Å². The lowest BCUT2D eigenvalue weighted by atomic mass is 9.83. The Balaban J connectivity index is 1.74. The first kappa shape index (κ1) is 21.4. The van der Waals surface area contributed by atoms with E-state index >= 15 is 0 Å². The quantitative estimate of drug-likeness (QED) is 0.305. The molecule has 0 N–H and O–H groups in total. The monoisotopic (exact) mass is 504 g/mol. The molecule has 0 amide bonds. The molecule has 0 spiro atoms. The van der Waals surface area contributed by atoms with Gasteiger partial charge in [0.2, 0.25) is 0 Å². The topological polar surface area (TPSA) is 34.1 Å². The molecule has 0 aliphatic heterocycles. The van der Waals surface area contributed by atoms with E-state index in [1.54, 1.807) is 0 Å². The first-order valence-corrected chi connectivity index (χ1v) is 11.6. The summed E-state index contributed by atoms with van der Waals surface area (Å²) in [6, 6.07) is 15.6. The number of carbonyl (C=O) groups is 2. The van der Waals surface area contributed by atoms with Crippen molar-refractivity contribution in [3.05, 3.63) is 70.8 Å². The Hall–Kier alpha value is -1.26. The molecule has 2 nitrogen and oxygen atoms in total. The number of rotatable bonds is 6. The normalized spacial score (nSPS) is 17.3. The van der Waals surface area contributed by atoms with Gasteiger partial charge in [-0.3, -0.25) is 9.59 Å². The fourth-order valence-electron chi connectivity index (χ4n) is 3.74. The van der Waals surface area contributed by atoms with Crippen molar-refractivity contribution < 1.29 is 9.59 Å². The summed E-state index contributed by atoms with van der Waals surface area (Å²) in [6.45, 7) is 3.83. The summed E-state index contributed by atoms with van der Waals surface area (Å²) in [5.74, 6) is 0.353. The average molecular weight is 506 g/mol. The third kappa shape index (κ3) is 4.65. The van der Waals surface area contributed by atoms with Crippen LogP contribution in [0.25, 0.3) is 0 Å². The van der Waals surface area contributed by atoms with Gasteiger partial charge in [0.25, 0.3) is 0 Å². The molecule has 2 aromatic carbocycles. The highest BCUT2D eigenvalue weighted by Crippen LogP contribution is 2.39. The zero-order valence-electron chi connectivity index (χ0n) is 16.4. The Bertz CT molecular complexity index is 832. The largest absolute Gasteiger partial charge is 0.294 e. The maximum Gasteiger partial charge on any atom is 0.179 e. The molecule has 0 aromatic heterocycles. The van der Waals surface area contributed by atoms with Crippen LogP contribution in [0, 0.1) is 5.92 Å². The summed E-state index contributed by atoms with van der Waals surface area (Å²) in [5, 5.41) is 0. The van der Waals surface area contributed by atoms with Crippen LogP contribution in [0.3, 0.4) is 0 Å². The zero-order valence-corrected chi connectivity index (χ0v) is 19.6. The number of benzene rings is 2. The summed E-state index contributed by atoms with van der Waals surface area (Å²) in [6.07, 6.45) is 5.25. The minimum atomic E-state index is -0.390. The summed E-state index contributed by atoms with van der Waals surface area (Å²) < 4.78 is -0.390. The molecule has 0 heterocycles. The smallest absolute Gasteiger partial charge is 0.179 e. The van der Waals surface area contributed by atoms with Crippen molar-refractivity contribution >= 4 is 43.4 Å².